The first kappa shape index (κ1) is 13.5. The predicted octanol–water partition coefficient (Wildman–Crippen LogP) is -0.404. The highest BCUT2D eigenvalue weighted by Gasteiger charge is 2.09. The molecule has 0 aliphatic carbocycles. The number of anilines is 1. The summed E-state index contributed by atoms with van der Waals surface area (Å²) in [6, 6.07) is 4.88. The van der Waals surface area contributed by atoms with Crippen molar-refractivity contribution in [2.75, 3.05) is 18.0 Å². The fraction of sp³-hybridized carbons (Fsp3) is 0.300. The molecule has 0 fully saturated rings. The summed E-state index contributed by atoms with van der Waals surface area (Å²) in [5, 5.41) is 7.29. The second-order valence-electron chi connectivity index (χ2n) is 3.70. The molecule has 1 aromatic carbocycles. The maximum atomic E-state index is 11.7. The van der Waals surface area contributed by atoms with E-state index >= 15 is 0 Å². The molecular weight excluding hydrogens is 242 g/mol. The van der Waals surface area contributed by atoms with Crippen LogP contribution in [0.4, 0.5) is 5.69 Å². The van der Waals surface area contributed by atoms with Gasteiger partial charge in [-0.15, -0.1) is 0 Å². The average molecular weight is 257 g/mol. The first-order valence-electron chi connectivity index (χ1n) is 4.94. The number of amides is 1. The van der Waals surface area contributed by atoms with E-state index in [1.54, 1.807) is 25.1 Å². The van der Waals surface area contributed by atoms with Crippen LogP contribution in [-0.2, 0) is 10.0 Å². The smallest absolute Gasteiger partial charge is 0.251 e. The number of primary sulfonamides is 1. The molecule has 1 aromatic rings. The van der Waals surface area contributed by atoms with Crippen LogP contribution in [0.25, 0.3) is 0 Å². The third-order valence-corrected chi connectivity index (χ3v) is 2.94. The molecule has 0 aromatic heterocycles. The van der Waals surface area contributed by atoms with Crippen LogP contribution in [0, 0.1) is 6.92 Å². The Morgan fingerprint density at radius 1 is 1.41 bits per heavy atom. The van der Waals surface area contributed by atoms with E-state index in [0.29, 0.717) is 11.3 Å². The van der Waals surface area contributed by atoms with Crippen molar-refractivity contribution in [2.45, 2.75) is 6.92 Å². The molecule has 5 N–H and O–H groups in total. The van der Waals surface area contributed by atoms with E-state index < -0.39 is 10.0 Å². The lowest BCUT2D eigenvalue weighted by molar-refractivity contribution is 0.0955. The van der Waals surface area contributed by atoms with Crippen molar-refractivity contribution >= 4 is 21.6 Å². The number of hydrogen-bond donors (Lipinski definition) is 3. The SMILES string of the molecule is Cc1cc(N)ccc1C(=O)NCCS(N)(=O)=O. The van der Waals surface area contributed by atoms with Gasteiger partial charge >= 0.3 is 0 Å². The number of carbonyl (C=O) groups is 1. The van der Waals surface area contributed by atoms with E-state index in [2.05, 4.69) is 5.32 Å². The molecule has 0 unspecified atom stereocenters. The highest BCUT2D eigenvalue weighted by molar-refractivity contribution is 7.89. The Balaban J connectivity index is 2.65. The van der Waals surface area contributed by atoms with E-state index in [4.69, 9.17) is 10.9 Å². The van der Waals surface area contributed by atoms with Gasteiger partial charge in [-0.05, 0) is 30.7 Å². The van der Waals surface area contributed by atoms with Gasteiger partial charge in [0.15, 0.2) is 0 Å². The van der Waals surface area contributed by atoms with Crippen LogP contribution in [0.2, 0.25) is 0 Å². The van der Waals surface area contributed by atoms with Gasteiger partial charge in [-0.25, -0.2) is 13.6 Å². The Bertz CT molecular complexity index is 526. The molecule has 0 saturated carbocycles. The van der Waals surface area contributed by atoms with Gasteiger partial charge in [-0.3, -0.25) is 4.79 Å². The highest BCUT2D eigenvalue weighted by Crippen LogP contribution is 2.11. The summed E-state index contributed by atoms with van der Waals surface area (Å²) < 4.78 is 21.3. The number of hydrogen-bond acceptors (Lipinski definition) is 4. The lowest BCUT2D eigenvalue weighted by atomic mass is 10.1. The number of sulfonamides is 1. The maximum absolute atomic E-state index is 11.7. The second-order valence-corrected chi connectivity index (χ2v) is 5.43. The van der Waals surface area contributed by atoms with Crippen LogP contribution < -0.4 is 16.2 Å². The summed E-state index contributed by atoms with van der Waals surface area (Å²) in [5.41, 5.74) is 7.33. The molecule has 7 heteroatoms. The standard InChI is InChI=1S/C10H15N3O3S/c1-7-6-8(11)2-3-9(7)10(14)13-4-5-17(12,15)16/h2-3,6H,4-5,11H2,1H3,(H,13,14)(H2,12,15,16). The van der Waals surface area contributed by atoms with Crippen molar-refractivity contribution < 1.29 is 13.2 Å². The number of carbonyl (C=O) groups excluding carboxylic acids is 1. The molecule has 0 aliphatic heterocycles. The zero-order valence-corrected chi connectivity index (χ0v) is 10.3. The minimum Gasteiger partial charge on any atom is -0.399 e. The van der Waals surface area contributed by atoms with Gasteiger partial charge in [-0.1, -0.05) is 0 Å². The summed E-state index contributed by atoms with van der Waals surface area (Å²) in [6.45, 7) is 1.74. The van der Waals surface area contributed by atoms with Gasteiger partial charge in [0.2, 0.25) is 10.0 Å². The summed E-state index contributed by atoms with van der Waals surface area (Å²) in [7, 11) is -3.55. The highest BCUT2D eigenvalue weighted by atomic mass is 32.2. The number of nitrogen functional groups attached to an aromatic ring is 1. The van der Waals surface area contributed by atoms with E-state index in [0.717, 1.165) is 5.56 Å². The van der Waals surface area contributed by atoms with Crippen molar-refractivity contribution in [3.8, 4) is 0 Å². The van der Waals surface area contributed by atoms with Crippen LogP contribution in [0.5, 0.6) is 0 Å². The molecule has 6 nitrogen and oxygen atoms in total. The van der Waals surface area contributed by atoms with Gasteiger partial charge in [0.25, 0.3) is 5.91 Å². The normalized spacial score (nSPS) is 11.2. The van der Waals surface area contributed by atoms with Gasteiger partial charge in [-0.2, -0.15) is 0 Å². The number of benzene rings is 1. The minimum atomic E-state index is -3.55. The molecule has 1 amide bonds. The average Bonchev–Trinajstić information content (AvgIpc) is 2.15. The van der Waals surface area contributed by atoms with Crippen molar-refractivity contribution in [3.63, 3.8) is 0 Å². The van der Waals surface area contributed by atoms with Crippen LogP contribution in [0.1, 0.15) is 15.9 Å². The fourth-order valence-electron chi connectivity index (χ4n) is 1.34. The lowest BCUT2D eigenvalue weighted by Crippen LogP contribution is -2.31. The Morgan fingerprint density at radius 3 is 2.59 bits per heavy atom. The third-order valence-electron chi connectivity index (χ3n) is 2.17. The maximum Gasteiger partial charge on any atom is 0.251 e. The number of rotatable bonds is 4. The van der Waals surface area contributed by atoms with E-state index in [9.17, 15) is 13.2 Å². The van der Waals surface area contributed by atoms with Gasteiger partial charge < -0.3 is 11.1 Å². The van der Waals surface area contributed by atoms with Crippen LogP contribution in [-0.4, -0.2) is 26.6 Å². The Kier molecular flexibility index (Phi) is 4.08. The number of aryl methyl sites for hydroxylation is 1. The molecule has 0 atom stereocenters. The largest absolute Gasteiger partial charge is 0.399 e. The fourth-order valence-corrected chi connectivity index (χ4v) is 1.73. The van der Waals surface area contributed by atoms with Crippen molar-refractivity contribution in [2.24, 2.45) is 5.14 Å². The zero-order valence-electron chi connectivity index (χ0n) is 9.43. The minimum absolute atomic E-state index is 0.0124. The summed E-state index contributed by atoms with van der Waals surface area (Å²) in [4.78, 5) is 11.7. The molecule has 0 spiro atoms. The molecular formula is C10H15N3O3S. The molecule has 1 rings (SSSR count). The number of nitrogens with two attached hydrogens (primary N) is 2. The van der Waals surface area contributed by atoms with Crippen LogP contribution in [0.3, 0.4) is 0 Å². The van der Waals surface area contributed by atoms with Gasteiger partial charge in [0.05, 0.1) is 5.75 Å². The summed E-state index contributed by atoms with van der Waals surface area (Å²) in [6.07, 6.45) is 0. The zero-order chi connectivity index (χ0) is 13.1. The van der Waals surface area contributed by atoms with Crippen molar-refractivity contribution in [1.29, 1.82) is 0 Å². The number of nitrogens with one attached hydrogen (secondary N) is 1. The Hall–Kier alpha value is -1.60. The van der Waals surface area contributed by atoms with Crippen molar-refractivity contribution in [3.05, 3.63) is 29.3 Å². The van der Waals surface area contributed by atoms with Crippen molar-refractivity contribution in [1.82, 2.24) is 5.32 Å². The monoisotopic (exact) mass is 257 g/mol. The lowest BCUT2D eigenvalue weighted by Gasteiger charge is -2.07. The van der Waals surface area contributed by atoms with Crippen LogP contribution in [0.15, 0.2) is 18.2 Å². The molecule has 0 bridgehead atoms. The first-order chi connectivity index (χ1) is 7.79. The van der Waals surface area contributed by atoms with E-state index in [1.807, 2.05) is 0 Å². The van der Waals surface area contributed by atoms with E-state index in [1.165, 1.54) is 0 Å². The Morgan fingerprint density at radius 2 is 2.06 bits per heavy atom. The topological polar surface area (TPSA) is 115 Å². The second kappa shape index (κ2) is 5.15. The first-order valence-corrected chi connectivity index (χ1v) is 6.66. The molecule has 17 heavy (non-hydrogen) atoms. The summed E-state index contributed by atoms with van der Waals surface area (Å²) >= 11 is 0. The molecule has 94 valence electrons. The predicted molar refractivity (Wildman–Crippen MR) is 65.9 cm³/mol. The van der Waals surface area contributed by atoms with Crippen LogP contribution >= 0.6 is 0 Å². The van der Waals surface area contributed by atoms with Gasteiger partial charge in [0.1, 0.15) is 0 Å². The van der Waals surface area contributed by atoms with E-state index in [-0.39, 0.29) is 18.2 Å². The Labute approximate surface area is 100 Å². The summed E-state index contributed by atoms with van der Waals surface area (Å²) in [5.74, 6) is -0.626. The molecule has 0 radical (unpaired) electrons. The molecule has 0 saturated heterocycles. The molecule has 0 aliphatic rings. The quantitative estimate of drug-likeness (QED) is 0.636. The third kappa shape index (κ3) is 4.41. The molecule has 0 heterocycles. The van der Waals surface area contributed by atoms with Gasteiger partial charge in [0, 0.05) is 17.8 Å².